The molecule has 1 amide bonds. The summed E-state index contributed by atoms with van der Waals surface area (Å²) < 4.78 is 10.6. The number of carbonyl (C=O) groups excluding carboxylic acids is 2. The van der Waals surface area contributed by atoms with Crippen molar-refractivity contribution >= 4 is 12.0 Å². The van der Waals surface area contributed by atoms with Crippen LogP contribution in [0.3, 0.4) is 0 Å². The second-order valence-corrected chi connectivity index (χ2v) is 4.92. The van der Waals surface area contributed by atoms with E-state index in [1.54, 1.807) is 32.8 Å². The van der Waals surface area contributed by atoms with Gasteiger partial charge in [0, 0.05) is 6.42 Å². The lowest BCUT2D eigenvalue weighted by Crippen LogP contribution is -2.39. The van der Waals surface area contributed by atoms with Gasteiger partial charge in [0.2, 0.25) is 0 Å². The van der Waals surface area contributed by atoms with Crippen LogP contribution in [-0.2, 0) is 14.3 Å². The summed E-state index contributed by atoms with van der Waals surface area (Å²) in [6.07, 6.45) is 1.56. The summed E-state index contributed by atoms with van der Waals surface area (Å²) in [4.78, 5) is 24.0. The van der Waals surface area contributed by atoms with Gasteiger partial charge in [-0.1, -0.05) is 0 Å². The van der Waals surface area contributed by atoms with Gasteiger partial charge in [0.05, 0.1) is 13.2 Å². The Balaban J connectivity index is 2.82. The van der Waals surface area contributed by atoms with E-state index in [4.69, 9.17) is 9.47 Å². The summed E-state index contributed by atoms with van der Waals surface area (Å²) in [6.45, 7) is 7.93. The van der Waals surface area contributed by atoms with Gasteiger partial charge in [0.15, 0.2) is 0 Å². The summed E-state index contributed by atoms with van der Waals surface area (Å²) in [5, 5.41) is 0. The van der Waals surface area contributed by atoms with Crippen LogP contribution >= 0.6 is 0 Å². The molecule has 1 heterocycles. The highest BCUT2D eigenvalue weighted by Gasteiger charge is 2.28. The molecule has 1 aliphatic heterocycles. The highest BCUT2D eigenvalue weighted by atomic mass is 16.6. The van der Waals surface area contributed by atoms with Crippen molar-refractivity contribution in [2.24, 2.45) is 0 Å². The first-order valence-corrected chi connectivity index (χ1v) is 5.93. The third-order valence-corrected chi connectivity index (χ3v) is 2.22. The molecule has 5 nitrogen and oxygen atoms in total. The number of allylic oxidation sites excluding steroid dienone is 1. The van der Waals surface area contributed by atoms with Gasteiger partial charge in [-0.3, -0.25) is 4.90 Å². The summed E-state index contributed by atoms with van der Waals surface area (Å²) in [6, 6.07) is 0. The molecule has 0 saturated carbocycles. The lowest BCUT2D eigenvalue weighted by atomic mass is 10.2. The minimum atomic E-state index is -0.599. The lowest BCUT2D eigenvalue weighted by Gasteiger charge is -2.30. The fourth-order valence-electron chi connectivity index (χ4n) is 1.52. The van der Waals surface area contributed by atoms with Gasteiger partial charge >= 0.3 is 6.09 Å². The van der Waals surface area contributed by atoms with Crippen molar-refractivity contribution in [1.29, 1.82) is 0 Å². The van der Waals surface area contributed by atoms with E-state index in [1.165, 1.54) is 4.90 Å². The Morgan fingerprint density at radius 2 is 2.17 bits per heavy atom. The number of hydrogen-bond donors (Lipinski definition) is 0. The van der Waals surface area contributed by atoms with Gasteiger partial charge in [-0.05, 0) is 33.8 Å². The zero-order chi connectivity index (χ0) is 13.8. The Morgan fingerprint density at radius 1 is 1.50 bits per heavy atom. The number of hydrogen-bond acceptors (Lipinski definition) is 4. The SMILES string of the molecule is CCOC1=CCC(=C=O)N(C(=O)OC(C)(C)C)C1. The monoisotopic (exact) mass is 253 g/mol. The lowest BCUT2D eigenvalue weighted by molar-refractivity contribution is 0.0289. The highest BCUT2D eigenvalue weighted by molar-refractivity contribution is 5.74. The van der Waals surface area contributed by atoms with Crippen molar-refractivity contribution in [1.82, 2.24) is 4.90 Å². The van der Waals surface area contributed by atoms with Crippen molar-refractivity contribution in [3.05, 3.63) is 17.5 Å². The van der Waals surface area contributed by atoms with Gasteiger partial charge in [0.25, 0.3) is 0 Å². The second kappa shape index (κ2) is 5.74. The van der Waals surface area contributed by atoms with E-state index < -0.39 is 11.7 Å². The Morgan fingerprint density at radius 3 is 2.67 bits per heavy atom. The summed E-state index contributed by atoms with van der Waals surface area (Å²) >= 11 is 0. The van der Waals surface area contributed by atoms with E-state index in [0.29, 0.717) is 18.8 Å². The van der Waals surface area contributed by atoms with E-state index in [2.05, 4.69) is 0 Å². The predicted molar refractivity (Wildman–Crippen MR) is 66.5 cm³/mol. The highest BCUT2D eigenvalue weighted by Crippen LogP contribution is 2.21. The molecule has 100 valence electrons. The van der Waals surface area contributed by atoms with E-state index in [0.717, 1.165) is 0 Å². The fourth-order valence-corrected chi connectivity index (χ4v) is 1.52. The average Bonchev–Trinajstić information content (AvgIpc) is 2.27. The van der Waals surface area contributed by atoms with E-state index in [1.807, 2.05) is 6.92 Å². The van der Waals surface area contributed by atoms with Crippen LogP contribution < -0.4 is 0 Å². The molecule has 0 saturated heterocycles. The zero-order valence-corrected chi connectivity index (χ0v) is 11.3. The van der Waals surface area contributed by atoms with Gasteiger partial charge < -0.3 is 9.47 Å². The molecule has 5 heteroatoms. The average molecular weight is 253 g/mol. The molecule has 0 unspecified atom stereocenters. The minimum absolute atomic E-state index is 0.216. The molecule has 0 aromatic heterocycles. The van der Waals surface area contributed by atoms with Crippen molar-refractivity contribution in [3.63, 3.8) is 0 Å². The number of ether oxygens (including phenoxy) is 2. The molecule has 18 heavy (non-hydrogen) atoms. The summed E-state index contributed by atoms with van der Waals surface area (Å²) in [5.74, 6) is 2.44. The third kappa shape index (κ3) is 3.93. The van der Waals surface area contributed by atoms with Crippen molar-refractivity contribution in [3.8, 4) is 0 Å². The van der Waals surface area contributed by atoms with Crippen molar-refractivity contribution < 1.29 is 19.1 Å². The first-order valence-electron chi connectivity index (χ1n) is 5.93. The minimum Gasteiger partial charge on any atom is -0.497 e. The van der Waals surface area contributed by atoms with E-state index >= 15 is 0 Å². The molecule has 1 aliphatic rings. The van der Waals surface area contributed by atoms with E-state index in [9.17, 15) is 9.59 Å². The van der Waals surface area contributed by atoms with Gasteiger partial charge in [-0.25, -0.2) is 9.59 Å². The Kier molecular flexibility index (Phi) is 4.56. The van der Waals surface area contributed by atoms with Crippen LogP contribution in [0.25, 0.3) is 0 Å². The molecule has 1 rings (SSSR count). The molecule has 0 bridgehead atoms. The molecule has 0 aliphatic carbocycles. The van der Waals surface area contributed by atoms with Crippen LogP contribution in [0.4, 0.5) is 4.79 Å². The topological polar surface area (TPSA) is 55.8 Å². The van der Waals surface area contributed by atoms with Gasteiger partial charge in [0.1, 0.15) is 23.0 Å². The summed E-state index contributed by atoms with van der Waals surface area (Å²) in [5.41, 5.74) is -0.328. The Labute approximate surface area is 107 Å². The van der Waals surface area contributed by atoms with Crippen LogP contribution in [0.5, 0.6) is 0 Å². The third-order valence-electron chi connectivity index (χ3n) is 2.22. The maximum Gasteiger partial charge on any atom is 0.415 e. The second-order valence-electron chi connectivity index (χ2n) is 4.92. The molecule has 0 atom stereocenters. The standard InChI is InChI=1S/C13H19NO4/c1-5-17-11-7-6-10(9-15)14(8-11)12(16)18-13(2,3)4/h7H,5-6,8H2,1-4H3. The number of rotatable bonds is 2. The Bertz CT molecular complexity index is 400. The largest absolute Gasteiger partial charge is 0.497 e. The maximum atomic E-state index is 12.0. The molecular weight excluding hydrogens is 234 g/mol. The van der Waals surface area contributed by atoms with E-state index in [-0.39, 0.29) is 12.2 Å². The van der Waals surface area contributed by atoms with Gasteiger partial charge in [-0.15, -0.1) is 0 Å². The molecule has 0 radical (unpaired) electrons. The fraction of sp³-hybridized carbons (Fsp3) is 0.615. The molecule has 0 N–H and O–H groups in total. The van der Waals surface area contributed by atoms with Crippen LogP contribution in [0.1, 0.15) is 34.1 Å². The predicted octanol–water partition coefficient (Wildman–Crippen LogP) is 2.26. The molecule has 0 aromatic rings. The quantitative estimate of drug-likeness (QED) is 0.708. The zero-order valence-electron chi connectivity index (χ0n) is 11.3. The molecule has 0 fully saturated rings. The van der Waals surface area contributed by atoms with Crippen molar-refractivity contribution in [2.75, 3.05) is 13.2 Å². The van der Waals surface area contributed by atoms with Gasteiger partial charge in [-0.2, -0.15) is 0 Å². The van der Waals surface area contributed by atoms with Crippen molar-refractivity contribution in [2.45, 2.75) is 39.7 Å². The molecular formula is C13H19NO4. The van der Waals surface area contributed by atoms with Crippen LogP contribution in [0.15, 0.2) is 17.5 Å². The first-order chi connectivity index (χ1) is 8.37. The maximum absolute atomic E-state index is 12.0. The number of nitrogens with zero attached hydrogens (tertiary/aromatic N) is 1. The first kappa shape index (κ1) is 14.3. The summed E-state index contributed by atoms with van der Waals surface area (Å²) in [7, 11) is 0. The normalized spacial score (nSPS) is 15.9. The molecule has 0 spiro atoms. The number of carbonyl (C=O) groups is 1. The number of amides is 1. The Hall–Kier alpha value is -1.74. The van der Waals surface area contributed by atoms with Crippen LogP contribution in [0, 0.1) is 0 Å². The van der Waals surface area contributed by atoms with Crippen LogP contribution in [0.2, 0.25) is 0 Å². The smallest absolute Gasteiger partial charge is 0.415 e. The molecule has 0 aromatic carbocycles. The van der Waals surface area contributed by atoms with Crippen LogP contribution in [-0.4, -0.2) is 35.7 Å².